The highest BCUT2D eigenvalue weighted by Crippen LogP contribution is 2.35. The first kappa shape index (κ1) is 19.8. The van der Waals surface area contributed by atoms with Crippen molar-refractivity contribution in [2.45, 2.75) is 25.2 Å². The summed E-state index contributed by atoms with van der Waals surface area (Å²) in [4.78, 5) is 21.1. The SMILES string of the molecule is O=C(c1ccc(OC(F)(F)F)cc1)N1CCC(N2CNc3ncc(Br)cc32)CC1. The second-order valence-corrected chi connectivity index (χ2v) is 7.84. The standard InChI is InChI=1S/C19H18BrF3N4O2/c20-13-9-16-17(24-10-13)25-11-27(16)14-5-7-26(8-6-14)18(28)12-1-3-15(4-2-12)29-19(21,22)23/h1-4,9-10,14H,5-8,11H2,(H,24,25). The number of aromatic nitrogens is 1. The molecule has 0 saturated carbocycles. The van der Waals surface area contributed by atoms with Gasteiger partial charge in [-0.15, -0.1) is 13.2 Å². The zero-order valence-electron chi connectivity index (χ0n) is 15.2. The van der Waals surface area contributed by atoms with Crippen molar-refractivity contribution >= 4 is 33.3 Å². The van der Waals surface area contributed by atoms with Crippen molar-refractivity contribution in [2.75, 3.05) is 30.0 Å². The summed E-state index contributed by atoms with van der Waals surface area (Å²) in [6, 6.07) is 7.35. The van der Waals surface area contributed by atoms with Gasteiger partial charge in [-0.3, -0.25) is 4.79 Å². The largest absolute Gasteiger partial charge is 0.573 e. The maximum atomic E-state index is 12.7. The molecule has 0 atom stereocenters. The molecule has 4 rings (SSSR count). The number of piperidine rings is 1. The Morgan fingerprint density at radius 2 is 1.90 bits per heavy atom. The van der Waals surface area contributed by atoms with Crippen molar-refractivity contribution < 1.29 is 22.7 Å². The van der Waals surface area contributed by atoms with Crippen LogP contribution in [0.1, 0.15) is 23.2 Å². The number of likely N-dealkylation sites (tertiary alicyclic amines) is 1. The molecule has 3 heterocycles. The number of ether oxygens (including phenoxy) is 1. The smallest absolute Gasteiger partial charge is 0.406 e. The first-order chi connectivity index (χ1) is 13.8. The van der Waals surface area contributed by atoms with Crippen molar-refractivity contribution in [1.29, 1.82) is 0 Å². The summed E-state index contributed by atoms with van der Waals surface area (Å²) in [6.07, 6.45) is -1.40. The molecule has 0 spiro atoms. The van der Waals surface area contributed by atoms with Gasteiger partial charge in [0.05, 0.1) is 12.4 Å². The van der Waals surface area contributed by atoms with Gasteiger partial charge in [-0.1, -0.05) is 0 Å². The van der Waals surface area contributed by atoms with E-state index in [9.17, 15) is 18.0 Å². The number of pyridine rings is 1. The second kappa shape index (κ2) is 7.74. The van der Waals surface area contributed by atoms with Crippen molar-refractivity contribution in [3.8, 4) is 5.75 Å². The van der Waals surface area contributed by atoms with Gasteiger partial charge in [0.15, 0.2) is 5.82 Å². The maximum absolute atomic E-state index is 12.7. The number of alkyl halides is 3. The minimum Gasteiger partial charge on any atom is -0.406 e. The van der Waals surface area contributed by atoms with Gasteiger partial charge in [-0.25, -0.2) is 4.98 Å². The third-order valence-corrected chi connectivity index (χ3v) is 5.52. The quantitative estimate of drug-likeness (QED) is 0.726. The van der Waals surface area contributed by atoms with Crippen LogP contribution >= 0.6 is 15.9 Å². The van der Waals surface area contributed by atoms with Gasteiger partial charge in [-0.2, -0.15) is 0 Å². The van der Waals surface area contributed by atoms with E-state index >= 15 is 0 Å². The van der Waals surface area contributed by atoms with Gasteiger partial charge in [-0.05, 0) is 59.1 Å². The number of nitrogens with zero attached hydrogens (tertiary/aromatic N) is 3. The Morgan fingerprint density at radius 3 is 2.55 bits per heavy atom. The zero-order chi connectivity index (χ0) is 20.6. The number of nitrogens with one attached hydrogen (secondary N) is 1. The van der Waals surface area contributed by atoms with E-state index in [2.05, 4.69) is 35.9 Å². The molecule has 0 radical (unpaired) electrons. The molecule has 1 aromatic heterocycles. The van der Waals surface area contributed by atoms with Crippen molar-refractivity contribution in [1.82, 2.24) is 9.88 Å². The predicted molar refractivity (Wildman–Crippen MR) is 105 cm³/mol. The van der Waals surface area contributed by atoms with Gasteiger partial charge in [0, 0.05) is 35.4 Å². The summed E-state index contributed by atoms with van der Waals surface area (Å²) < 4.78 is 41.5. The summed E-state index contributed by atoms with van der Waals surface area (Å²) in [7, 11) is 0. The normalized spacial score (nSPS) is 17.1. The Morgan fingerprint density at radius 1 is 1.21 bits per heavy atom. The topological polar surface area (TPSA) is 57.7 Å². The summed E-state index contributed by atoms with van der Waals surface area (Å²) in [6.45, 7) is 1.84. The average molecular weight is 471 g/mol. The predicted octanol–water partition coefficient (Wildman–Crippen LogP) is 4.24. The van der Waals surface area contributed by atoms with Crippen LogP contribution in [0.2, 0.25) is 0 Å². The molecule has 0 bridgehead atoms. The molecule has 0 aliphatic carbocycles. The van der Waals surface area contributed by atoms with E-state index in [0.29, 0.717) is 25.3 Å². The zero-order valence-corrected chi connectivity index (χ0v) is 16.8. The Hall–Kier alpha value is -2.49. The monoisotopic (exact) mass is 470 g/mol. The molecular formula is C19H18BrF3N4O2. The van der Waals surface area contributed by atoms with Crippen molar-refractivity contribution in [2.24, 2.45) is 0 Å². The lowest BCUT2D eigenvalue weighted by Gasteiger charge is -2.37. The van der Waals surface area contributed by atoms with Crippen molar-refractivity contribution in [3.63, 3.8) is 0 Å². The van der Waals surface area contributed by atoms with Crippen molar-refractivity contribution in [3.05, 3.63) is 46.6 Å². The molecule has 2 aliphatic rings. The molecule has 29 heavy (non-hydrogen) atoms. The van der Waals surface area contributed by atoms with E-state index in [1.165, 1.54) is 12.1 Å². The Kier molecular flexibility index (Phi) is 5.28. The fourth-order valence-corrected chi connectivity index (χ4v) is 4.04. The number of amides is 1. The molecule has 1 aromatic carbocycles. The first-order valence-corrected chi connectivity index (χ1v) is 9.90. The first-order valence-electron chi connectivity index (χ1n) is 9.11. The third-order valence-electron chi connectivity index (χ3n) is 5.09. The van der Waals surface area contributed by atoms with Gasteiger partial charge in [0.1, 0.15) is 5.75 Å². The van der Waals surface area contributed by atoms with Crippen LogP contribution in [0.4, 0.5) is 24.7 Å². The molecule has 10 heteroatoms. The summed E-state index contributed by atoms with van der Waals surface area (Å²) in [5.41, 5.74) is 1.39. The minimum atomic E-state index is -4.75. The van der Waals surface area contributed by atoms with Crippen LogP contribution in [-0.4, -0.2) is 48.0 Å². The third kappa shape index (κ3) is 4.42. The number of carbonyl (C=O) groups is 1. The molecule has 2 aromatic rings. The van der Waals surface area contributed by atoms with Gasteiger partial charge in [0.25, 0.3) is 5.91 Å². The van der Waals surface area contributed by atoms with Crippen LogP contribution in [0.3, 0.4) is 0 Å². The highest BCUT2D eigenvalue weighted by Gasteiger charge is 2.32. The number of rotatable bonds is 3. The van der Waals surface area contributed by atoms with Crippen LogP contribution < -0.4 is 15.0 Å². The second-order valence-electron chi connectivity index (χ2n) is 6.92. The lowest BCUT2D eigenvalue weighted by Crippen LogP contribution is -2.46. The molecule has 1 saturated heterocycles. The van der Waals surface area contributed by atoms with E-state index in [-0.39, 0.29) is 17.7 Å². The van der Waals surface area contributed by atoms with Crippen LogP contribution in [-0.2, 0) is 0 Å². The highest BCUT2D eigenvalue weighted by atomic mass is 79.9. The van der Waals surface area contributed by atoms with Gasteiger partial charge < -0.3 is 19.9 Å². The van der Waals surface area contributed by atoms with Crippen LogP contribution in [0.25, 0.3) is 0 Å². The summed E-state index contributed by atoms with van der Waals surface area (Å²) in [5, 5.41) is 3.28. The lowest BCUT2D eigenvalue weighted by molar-refractivity contribution is -0.274. The molecule has 6 nitrogen and oxygen atoms in total. The van der Waals surface area contributed by atoms with Crippen LogP contribution in [0.15, 0.2) is 41.0 Å². The maximum Gasteiger partial charge on any atom is 0.573 e. The number of halogens is 4. The summed E-state index contributed by atoms with van der Waals surface area (Å²) >= 11 is 3.45. The van der Waals surface area contributed by atoms with E-state index in [0.717, 1.165) is 41.0 Å². The number of fused-ring (bicyclic) bond motifs is 1. The lowest BCUT2D eigenvalue weighted by atomic mass is 10.0. The Bertz CT molecular complexity index is 899. The molecular weight excluding hydrogens is 453 g/mol. The van der Waals surface area contributed by atoms with Crippen LogP contribution in [0, 0.1) is 0 Å². The van der Waals surface area contributed by atoms with E-state index in [1.54, 1.807) is 11.1 Å². The van der Waals surface area contributed by atoms with Gasteiger partial charge >= 0.3 is 6.36 Å². The fourth-order valence-electron chi connectivity index (χ4n) is 3.72. The molecule has 154 valence electrons. The van der Waals surface area contributed by atoms with E-state index in [1.807, 2.05) is 6.07 Å². The fraction of sp³-hybridized carbons (Fsp3) is 0.368. The Labute approximate surface area is 173 Å². The molecule has 2 aliphatic heterocycles. The number of benzene rings is 1. The average Bonchev–Trinajstić information content (AvgIpc) is 3.10. The van der Waals surface area contributed by atoms with E-state index < -0.39 is 6.36 Å². The molecule has 0 unspecified atom stereocenters. The number of hydrogen-bond acceptors (Lipinski definition) is 5. The number of carbonyl (C=O) groups excluding carboxylic acids is 1. The summed E-state index contributed by atoms with van der Waals surface area (Å²) in [5.74, 6) is 0.326. The van der Waals surface area contributed by atoms with Crippen LogP contribution in [0.5, 0.6) is 5.75 Å². The Balaban J connectivity index is 1.37. The number of anilines is 2. The number of hydrogen-bond donors (Lipinski definition) is 1. The highest BCUT2D eigenvalue weighted by molar-refractivity contribution is 9.10. The minimum absolute atomic E-state index is 0.189. The molecule has 1 amide bonds. The molecule has 1 N–H and O–H groups in total. The van der Waals surface area contributed by atoms with E-state index in [4.69, 9.17) is 0 Å². The van der Waals surface area contributed by atoms with Gasteiger partial charge in [0.2, 0.25) is 0 Å². The molecule has 1 fully saturated rings.